The lowest BCUT2D eigenvalue weighted by molar-refractivity contribution is -0.00527. The lowest BCUT2D eigenvalue weighted by atomic mass is 10.00. The van der Waals surface area contributed by atoms with Gasteiger partial charge in [0.15, 0.2) is 0 Å². The smallest absolute Gasteiger partial charge is 0.109 e. The highest BCUT2D eigenvalue weighted by Gasteiger charge is 2.39. The van der Waals surface area contributed by atoms with Gasteiger partial charge in [-0.05, 0) is 19.4 Å². The summed E-state index contributed by atoms with van der Waals surface area (Å²) in [5, 5.41) is 12.5. The molecule has 0 spiro atoms. The molecule has 0 saturated heterocycles. The van der Waals surface area contributed by atoms with Crippen molar-refractivity contribution in [2.45, 2.75) is 37.8 Å². The van der Waals surface area contributed by atoms with Gasteiger partial charge in [-0.1, -0.05) is 6.92 Å². The van der Waals surface area contributed by atoms with Gasteiger partial charge in [0.1, 0.15) is 5.54 Å². The highest BCUT2D eigenvalue weighted by atomic mass is 16.5. The highest BCUT2D eigenvalue weighted by molar-refractivity contribution is 5.12. The molecule has 2 unspecified atom stereocenters. The van der Waals surface area contributed by atoms with Crippen molar-refractivity contribution < 1.29 is 14.2 Å². The van der Waals surface area contributed by atoms with Crippen molar-refractivity contribution in [1.82, 2.24) is 5.32 Å². The van der Waals surface area contributed by atoms with Gasteiger partial charge in [0.05, 0.1) is 38.6 Å². The second kappa shape index (κ2) is 8.44. The third-order valence-corrected chi connectivity index (χ3v) is 3.21. The Morgan fingerprint density at radius 3 is 2.78 bits per heavy atom. The number of nitrogens with zero attached hydrogens (tertiary/aromatic N) is 1. The molecule has 0 bridgehead atoms. The van der Waals surface area contributed by atoms with Crippen LogP contribution in [0.3, 0.4) is 0 Å². The van der Waals surface area contributed by atoms with Gasteiger partial charge in [0, 0.05) is 13.5 Å². The molecule has 0 aromatic heterocycles. The van der Waals surface area contributed by atoms with Crippen molar-refractivity contribution in [3.8, 4) is 6.07 Å². The predicted octanol–water partition coefficient (Wildman–Crippen LogP) is 1.09. The van der Waals surface area contributed by atoms with Crippen molar-refractivity contribution in [3.05, 3.63) is 0 Å². The first kappa shape index (κ1) is 15.4. The monoisotopic (exact) mass is 256 g/mol. The van der Waals surface area contributed by atoms with Crippen molar-refractivity contribution in [2.24, 2.45) is 0 Å². The van der Waals surface area contributed by atoms with E-state index in [1.165, 1.54) is 0 Å². The summed E-state index contributed by atoms with van der Waals surface area (Å²) in [6, 6.07) is 2.39. The van der Waals surface area contributed by atoms with E-state index in [4.69, 9.17) is 14.2 Å². The zero-order valence-corrected chi connectivity index (χ0v) is 11.4. The van der Waals surface area contributed by atoms with Gasteiger partial charge in [0.25, 0.3) is 0 Å². The average molecular weight is 256 g/mol. The Hall–Kier alpha value is -0.670. The molecule has 0 aliphatic heterocycles. The maximum atomic E-state index is 9.23. The molecule has 1 N–H and O–H groups in total. The van der Waals surface area contributed by atoms with Gasteiger partial charge in [-0.15, -0.1) is 0 Å². The second-order valence-corrected chi connectivity index (χ2v) is 4.57. The fourth-order valence-corrected chi connectivity index (χ4v) is 2.30. The summed E-state index contributed by atoms with van der Waals surface area (Å²) in [5.41, 5.74) is -0.379. The molecule has 0 radical (unpaired) electrons. The first-order chi connectivity index (χ1) is 8.76. The minimum Gasteiger partial charge on any atom is -0.382 e. The van der Waals surface area contributed by atoms with Gasteiger partial charge >= 0.3 is 0 Å². The van der Waals surface area contributed by atoms with Crippen molar-refractivity contribution >= 4 is 0 Å². The van der Waals surface area contributed by atoms with Crippen molar-refractivity contribution in [3.63, 3.8) is 0 Å². The summed E-state index contributed by atoms with van der Waals surface area (Å²) in [5.74, 6) is 0. The standard InChI is InChI=1S/C13H24N2O3/c1-3-15-13(11-14)5-4-12(10-13)18-9-8-17-7-6-16-2/h12,15H,3-10H2,1-2H3. The molecule has 0 aromatic carbocycles. The molecule has 1 aliphatic rings. The molecule has 5 nitrogen and oxygen atoms in total. The minimum atomic E-state index is -0.379. The third-order valence-electron chi connectivity index (χ3n) is 3.21. The maximum absolute atomic E-state index is 9.23. The second-order valence-electron chi connectivity index (χ2n) is 4.57. The number of ether oxygens (including phenoxy) is 3. The molecule has 0 aromatic rings. The first-order valence-corrected chi connectivity index (χ1v) is 6.61. The Labute approximate surface area is 109 Å². The number of hydrogen-bond acceptors (Lipinski definition) is 5. The molecule has 1 saturated carbocycles. The first-order valence-electron chi connectivity index (χ1n) is 6.61. The fraction of sp³-hybridized carbons (Fsp3) is 0.923. The van der Waals surface area contributed by atoms with E-state index in [1.807, 2.05) is 6.92 Å². The average Bonchev–Trinajstić information content (AvgIpc) is 2.78. The number of nitrogens with one attached hydrogen (secondary N) is 1. The molecule has 0 heterocycles. The quantitative estimate of drug-likeness (QED) is 0.626. The molecular weight excluding hydrogens is 232 g/mol. The van der Waals surface area contributed by atoms with Crippen LogP contribution < -0.4 is 5.32 Å². The molecule has 0 amide bonds. The van der Waals surface area contributed by atoms with E-state index in [9.17, 15) is 5.26 Å². The van der Waals surface area contributed by atoms with E-state index in [2.05, 4.69) is 11.4 Å². The van der Waals surface area contributed by atoms with Crippen LogP contribution in [0.25, 0.3) is 0 Å². The summed E-state index contributed by atoms with van der Waals surface area (Å²) in [6.45, 7) is 5.23. The number of hydrogen-bond donors (Lipinski definition) is 1. The van der Waals surface area contributed by atoms with Crippen LogP contribution >= 0.6 is 0 Å². The zero-order valence-electron chi connectivity index (χ0n) is 11.4. The van der Waals surface area contributed by atoms with Crippen LogP contribution in [-0.4, -0.2) is 51.7 Å². The van der Waals surface area contributed by atoms with Crippen LogP contribution in [-0.2, 0) is 14.2 Å². The van der Waals surface area contributed by atoms with Gasteiger partial charge in [-0.2, -0.15) is 5.26 Å². The zero-order chi connectivity index (χ0) is 13.3. The number of rotatable bonds is 9. The Balaban J connectivity index is 2.13. The van der Waals surface area contributed by atoms with E-state index >= 15 is 0 Å². The van der Waals surface area contributed by atoms with E-state index in [0.29, 0.717) is 26.4 Å². The number of nitriles is 1. The summed E-state index contributed by atoms with van der Waals surface area (Å²) >= 11 is 0. The van der Waals surface area contributed by atoms with Crippen LogP contribution in [0.15, 0.2) is 0 Å². The Bertz CT molecular complexity index is 267. The molecular formula is C13H24N2O3. The minimum absolute atomic E-state index is 0.176. The largest absolute Gasteiger partial charge is 0.382 e. The van der Waals surface area contributed by atoms with E-state index in [-0.39, 0.29) is 11.6 Å². The topological polar surface area (TPSA) is 63.5 Å². The van der Waals surface area contributed by atoms with Crippen LogP contribution in [0.1, 0.15) is 26.2 Å². The Morgan fingerprint density at radius 1 is 1.33 bits per heavy atom. The summed E-state index contributed by atoms with van der Waals surface area (Å²) < 4.78 is 15.9. The molecule has 1 fully saturated rings. The van der Waals surface area contributed by atoms with E-state index in [0.717, 1.165) is 25.8 Å². The molecule has 5 heteroatoms. The maximum Gasteiger partial charge on any atom is 0.109 e. The van der Waals surface area contributed by atoms with Crippen LogP contribution in [0.2, 0.25) is 0 Å². The summed E-state index contributed by atoms with van der Waals surface area (Å²) in [6.07, 6.45) is 2.76. The van der Waals surface area contributed by atoms with Gasteiger partial charge in [-0.3, -0.25) is 5.32 Å². The van der Waals surface area contributed by atoms with E-state index < -0.39 is 0 Å². The SMILES string of the molecule is CCNC1(C#N)CCC(OCCOCCOC)C1. The van der Waals surface area contributed by atoms with Crippen LogP contribution in [0.5, 0.6) is 0 Å². The lowest BCUT2D eigenvalue weighted by Gasteiger charge is -2.21. The number of methoxy groups -OCH3 is 1. The summed E-state index contributed by atoms with van der Waals surface area (Å²) in [7, 11) is 1.65. The Kier molecular flexibility index (Phi) is 7.21. The Morgan fingerprint density at radius 2 is 2.11 bits per heavy atom. The third kappa shape index (κ3) is 4.91. The van der Waals surface area contributed by atoms with Crippen molar-refractivity contribution in [2.75, 3.05) is 40.1 Å². The van der Waals surface area contributed by atoms with Gasteiger partial charge < -0.3 is 14.2 Å². The fourth-order valence-electron chi connectivity index (χ4n) is 2.30. The van der Waals surface area contributed by atoms with Crippen LogP contribution in [0.4, 0.5) is 0 Å². The normalized spacial score (nSPS) is 27.3. The van der Waals surface area contributed by atoms with Crippen LogP contribution in [0, 0.1) is 11.3 Å². The van der Waals surface area contributed by atoms with E-state index in [1.54, 1.807) is 7.11 Å². The van der Waals surface area contributed by atoms with Gasteiger partial charge in [-0.25, -0.2) is 0 Å². The van der Waals surface area contributed by atoms with Gasteiger partial charge in [0.2, 0.25) is 0 Å². The lowest BCUT2D eigenvalue weighted by Crippen LogP contribution is -2.41. The highest BCUT2D eigenvalue weighted by Crippen LogP contribution is 2.31. The predicted molar refractivity (Wildman–Crippen MR) is 68.3 cm³/mol. The molecule has 1 rings (SSSR count). The molecule has 18 heavy (non-hydrogen) atoms. The molecule has 2 atom stereocenters. The van der Waals surface area contributed by atoms with Crippen molar-refractivity contribution in [1.29, 1.82) is 5.26 Å². The molecule has 1 aliphatic carbocycles. The molecule has 104 valence electrons. The summed E-state index contributed by atoms with van der Waals surface area (Å²) in [4.78, 5) is 0.